The van der Waals surface area contributed by atoms with Gasteiger partial charge in [-0.3, -0.25) is 9.59 Å². The Morgan fingerprint density at radius 3 is 2.28 bits per heavy atom. The summed E-state index contributed by atoms with van der Waals surface area (Å²) in [6.07, 6.45) is 7.18. The first-order valence-corrected chi connectivity index (χ1v) is 13.3. The van der Waals surface area contributed by atoms with Gasteiger partial charge in [0.2, 0.25) is 5.91 Å². The number of rotatable bonds is 8. The molecule has 1 aromatic rings. The molecule has 8 heteroatoms. The Hall–Kier alpha value is -2.77. The lowest BCUT2D eigenvalue weighted by Gasteiger charge is -2.56. The van der Waals surface area contributed by atoms with Crippen molar-refractivity contribution in [2.45, 2.75) is 77.0 Å². The fourth-order valence-electron chi connectivity index (χ4n) is 7.56. The lowest BCUT2D eigenvalue weighted by Crippen LogP contribution is -2.56. The number of nitrogens with one attached hydrogen (secondary N) is 1. The molecule has 1 aromatic carbocycles. The number of amides is 2. The molecule has 5 aliphatic rings. The van der Waals surface area contributed by atoms with Crippen LogP contribution < -0.4 is 14.8 Å². The summed E-state index contributed by atoms with van der Waals surface area (Å²) in [5, 5.41) is 2.81. The Bertz CT molecular complexity index is 988. The zero-order valence-electron chi connectivity index (χ0n) is 21.6. The van der Waals surface area contributed by atoms with E-state index in [1.54, 1.807) is 38.2 Å². The van der Waals surface area contributed by atoms with Crippen molar-refractivity contribution in [1.82, 2.24) is 10.2 Å². The van der Waals surface area contributed by atoms with Crippen molar-refractivity contribution < 1.29 is 28.6 Å². The molecule has 2 amide bonds. The molecule has 1 heterocycles. The van der Waals surface area contributed by atoms with E-state index in [-0.39, 0.29) is 23.8 Å². The molecule has 2 unspecified atom stereocenters. The standard InChI is InChI=1S/C28H38N2O6/c1-17(25(31)29-16-18-6-7-23(34-2)24(12-18)35-3)36-26(32)22-5-4-8-30(22)27(33)28-13-19-9-20(14-28)11-21(10-19)15-28/h6-7,12,17,19-22H,4-5,8-11,13-16H2,1-3H3,(H,29,31). The third-order valence-electron chi connectivity index (χ3n) is 8.85. The minimum Gasteiger partial charge on any atom is -0.493 e. The van der Waals surface area contributed by atoms with Gasteiger partial charge in [-0.2, -0.15) is 0 Å². The topological polar surface area (TPSA) is 94.2 Å². The van der Waals surface area contributed by atoms with Crippen molar-refractivity contribution in [1.29, 1.82) is 0 Å². The van der Waals surface area contributed by atoms with Crippen LogP contribution in [0.1, 0.15) is 63.9 Å². The first-order valence-electron chi connectivity index (χ1n) is 13.3. The van der Waals surface area contributed by atoms with Gasteiger partial charge in [0.05, 0.1) is 19.6 Å². The second-order valence-corrected chi connectivity index (χ2v) is 11.3. The van der Waals surface area contributed by atoms with Crippen molar-refractivity contribution in [3.05, 3.63) is 23.8 Å². The maximum absolute atomic E-state index is 13.8. The molecular weight excluding hydrogens is 460 g/mol. The zero-order valence-corrected chi connectivity index (χ0v) is 21.6. The van der Waals surface area contributed by atoms with E-state index in [1.165, 1.54) is 19.3 Å². The van der Waals surface area contributed by atoms with Crippen molar-refractivity contribution in [2.24, 2.45) is 23.2 Å². The zero-order chi connectivity index (χ0) is 25.4. The number of hydrogen-bond acceptors (Lipinski definition) is 6. The van der Waals surface area contributed by atoms with Crippen LogP contribution in [0.4, 0.5) is 0 Å². The lowest BCUT2D eigenvalue weighted by molar-refractivity contribution is -0.168. The number of likely N-dealkylation sites (tertiary alicyclic amines) is 1. The molecule has 4 aliphatic carbocycles. The van der Waals surface area contributed by atoms with Crippen LogP contribution in [0.2, 0.25) is 0 Å². The van der Waals surface area contributed by atoms with Gasteiger partial charge in [-0.05, 0) is 93.7 Å². The molecule has 0 radical (unpaired) electrons. The molecular formula is C28H38N2O6. The highest BCUT2D eigenvalue weighted by Gasteiger charge is 2.57. The van der Waals surface area contributed by atoms with Crippen molar-refractivity contribution in [3.63, 3.8) is 0 Å². The molecule has 1 aliphatic heterocycles. The van der Waals surface area contributed by atoms with Crippen LogP contribution in [-0.2, 0) is 25.7 Å². The molecule has 4 bridgehead atoms. The summed E-state index contributed by atoms with van der Waals surface area (Å²) in [6, 6.07) is 4.82. The SMILES string of the molecule is COc1ccc(CNC(=O)C(C)OC(=O)C2CCCN2C(=O)C23CC4CC(CC(C4)C2)C3)cc1OC. The third-order valence-corrected chi connectivity index (χ3v) is 8.85. The fraction of sp³-hybridized carbons (Fsp3) is 0.679. The highest BCUT2D eigenvalue weighted by atomic mass is 16.5. The largest absolute Gasteiger partial charge is 0.493 e. The average Bonchev–Trinajstić information content (AvgIpc) is 3.35. The predicted molar refractivity (Wildman–Crippen MR) is 132 cm³/mol. The van der Waals surface area contributed by atoms with Crippen molar-refractivity contribution in [3.8, 4) is 11.5 Å². The number of hydrogen-bond donors (Lipinski definition) is 1. The van der Waals surface area contributed by atoms with Crippen LogP contribution in [0.3, 0.4) is 0 Å². The smallest absolute Gasteiger partial charge is 0.329 e. The van der Waals surface area contributed by atoms with Gasteiger partial charge in [0.1, 0.15) is 6.04 Å². The van der Waals surface area contributed by atoms with Gasteiger partial charge < -0.3 is 24.4 Å². The van der Waals surface area contributed by atoms with E-state index >= 15 is 0 Å². The van der Waals surface area contributed by atoms with Crippen LogP contribution in [0, 0.1) is 23.2 Å². The van der Waals surface area contributed by atoms with Crippen LogP contribution in [0.5, 0.6) is 11.5 Å². The lowest BCUT2D eigenvalue weighted by atomic mass is 9.49. The Morgan fingerprint density at radius 1 is 1.03 bits per heavy atom. The van der Waals surface area contributed by atoms with Gasteiger partial charge in [0.15, 0.2) is 17.6 Å². The molecule has 4 saturated carbocycles. The maximum Gasteiger partial charge on any atom is 0.329 e. The molecule has 8 nitrogen and oxygen atoms in total. The Kier molecular flexibility index (Phi) is 6.88. The third kappa shape index (κ3) is 4.66. The summed E-state index contributed by atoms with van der Waals surface area (Å²) in [4.78, 5) is 41.4. The summed E-state index contributed by atoms with van der Waals surface area (Å²) in [6.45, 7) is 2.43. The minimum atomic E-state index is -0.949. The van der Waals surface area contributed by atoms with Gasteiger partial charge in [-0.15, -0.1) is 0 Å². The Labute approximate surface area is 213 Å². The highest BCUT2D eigenvalue weighted by Crippen LogP contribution is 2.60. The summed E-state index contributed by atoms with van der Waals surface area (Å²) in [5.74, 6) is 2.50. The molecule has 0 spiro atoms. The van der Waals surface area contributed by atoms with E-state index in [0.717, 1.165) is 31.2 Å². The number of methoxy groups -OCH3 is 2. The number of nitrogens with zero attached hydrogens (tertiary/aromatic N) is 1. The van der Waals surface area contributed by atoms with Crippen molar-refractivity contribution in [2.75, 3.05) is 20.8 Å². The van der Waals surface area contributed by atoms with Gasteiger partial charge in [0, 0.05) is 13.1 Å². The van der Waals surface area contributed by atoms with E-state index in [4.69, 9.17) is 14.2 Å². The maximum atomic E-state index is 13.8. The Morgan fingerprint density at radius 2 is 1.67 bits per heavy atom. The molecule has 0 aromatic heterocycles. The van der Waals surface area contributed by atoms with Crippen molar-refractivity contribution >= 4 is 17.8 Å². The predicted octanol–water partition coefficient (Wildman–Crippen LogP) is 3.46. The average molecular weight is 499 g/mol. The highest BCUT2D eigenvalue weighted by molar-refractivity contribution is 5.90. The van der Waals surface area contributed by atoms with Crippen LogP contribution in [0.15, 0.2) is 18.2 Å². The van der Waals surface area contributed by atoms with Crippen LogP contribution in [0.25, 0.3) is 0 Å². The number of benzene rings is 1. The normalized spacial score (nSPS) is 31.1. The van der Waals surface area contributed by atoms with Crippen LogP contribution >= 0.6 is 0 Å². The quantitative estimate of drug-likeness (QED) is 0.552. The van der Waals surface area contributed by atoms with E-state index in [0.29, 0.717) is 42.2 Å². The monoisotopic (exact) mass is 498 g/mol. The molecule has 5 fully saturated rings. The molecule has 6 rings (SSSR count). The van der Waals surface area contributed by atoms with Crippen LogP contribution in [-0.4, -0.2) is 55.6 Å². The van der Waals surface area contributed by atoms with E-state index in [2.05, 4.69) is 5.32 Å². The van der Waals surface area contributed by atoms with Gasteiger partial charge in [-0.25, -0.2) is 4.79 Å². The summed E-state index contributed by atoms with van der Waals surface area (Å²) in [7, 11) is 3.12. The second-order valence-electron chi connectivity index (χ2n) is 11.3. The molecule has 1 N–H and O–H groups in total. The van der Waals surface area contributed by atoms with Gasteiger partial charge in [-0.1, -0.05) is 6.07 Å². The number of ether oxygens (including phenoxy) is 3. The van der Waals surface area contributed by atoms with Gasteiger partial charge >= 0.3 is 5.97 Å². The number of carbonyl (C=O) groups excluding carboxylic acids is 3. The summed E-state index contributed by atoms with van der Waals surface area (Å²) >= 11 is 0. The minimum absolute atomic E-state index is 0.159. The molecule has 196 valence electrons. The molecule has 2 atom stereocenters. The summed E-state index contributed by atoms with van der Waals surface area (Å²) < 4.78 is 16.1. The fourth-order valence-corrected chi connectivity index (χ4v) is 7.56. The van der Waals surface area contributed by atoms with Gasteiger partial charge in [0.25, 0.3) is 5.91 Å². The first kappa shape index (κ1) is 24.9. The van der Waals surface area contributed by atoms with E-state index in [9.17, 15) is 14.4 Å². The second kappa shape index (κ2) is 9.94. The van der Waals surface area contributed by atoms with E-state index < -0.39 is 18.1 Å². The number of esters is 1. The van der Waals surface area contributed by atoms with E-state index in [1.807, 2.05) is 6.07 Å². The molecule has 1 saturated heterocycles. The molecule has 36 heavy (non-hydrogen) atoms. The number of carbonyl (C=O) groups is 3. The Balaban J connectivity index is 1.17. The first-order chi connectivity index (χ1) is 17.3. The summed E-state index contributed by atoms with van der Waals surface area (Å²) in [5.41, 5.74) is 0.558.